The third kappa shape index (κ3) is 4.49. The molecule has 158 valence electrons. The van der Waals surface area contributed by atoms with Crippen molar-refractivity contribution in [3.63, 3.8) is 0 Å². The number of esters is 2. The molecular weight excluding hydrogens is 404 g/mol. The zero-order chi connectivity index (χ0) is 21.7. The summed E-state index contributed by atoms with van der Waals surface area (Å²) in [5.41, 5.74) is 2.92. The summed E-state index contributed by atoms with van der Waals surface area (Å²) < 4.78 is 10.2. The number of ether oxygens (including phenoxy) is 2. The average Bonchev–Trinajstić information content (AvgIpc) is 2.73. The molecular formula is C22H24N2O5S. The molecule has 1 aliphatic rings. The smallest absolute Gasteiger partial charge is 0.347 e. The number of hydrogen-bond donors (Lipinski definition) is 2. The summed E-state index contributed by atoms with van der Waals surface area (Å²) in [5.74, 6) is -1.53. The fourth-order valence-electron chi connectivity index (χ4n) is 2.99. The van der Waals surface area contributed by atoms with E-state index in [-0.39, 0.29) is 13.2 Å². The second-order valence-electron chi connectivity index (χ2n) is 6.73. The van der Waals surface area contributed by atoms with Crippen molar-refractivity contribution in [1.29, 1.82) is 0 Å². The molecule has 7 nitrogen and oxygen atoms in total. The Hall–Kier alpha value is -2.84. The Morgan fingerprint density at radius 3 is 2.43 bits per heavy atom. The number of carbonyl (C=O) groups excluding carboxylic acids is 3. The van der Waals surface area contributed by atoms with Gasteiger partial charge in [-0.05, 0) is 56.2 Å². The van der Waals surface area contributed by atoms with Gasteiger partial charge in [-0.15, -0.1) is 0 Å². The number of thioether (sulfide) groups is 1. The zero-order valence-electron chi connectivity index (χ0n) is 17.1. The summed E-state index contributed by atoms with van der Waals surface area (Å²) in [7, 11) is 0. The number of amides is 1. The van der Waals surface area contributed by atoms with Crippen LogP contribution in [0.2, 0.25) is 0 Å². The Labute approximate surface area is 179 Å². The maximum absolute atomic E-state index is 13.0. The first-order valence-electron chi connectivity index (χ1n) is 9.69. The lowest BCUT2D eigenvalue weighted by atomic mass is 10.1. The molecule has 1 amide bonds. The fourth-order valence-corrected chi connectivity index (χ4v) is 4.23. The van der Waals surface area contributed by atoms with Crippen LogP contribution in [0.25, 0.3) is 0 Å². The molecule has 0 fully saturated rings. The molecule has 1 heterocycles. The highest BCUT2D eigenvalue weighted by atomic mass is 32.2. The third-order valence-corrected chi connectivity index (χ3v) is 5.90. The predicted octanol–water partition coefficient (Wildman–Crippen LogP) is 3.27. The van der Waals surface area contributed by atoms with E-state index in [2.05, 4.69) is 10.6 Å². The minimum absolute atomic E-state index is 0.158. The molecule has 0 aliphatic carbocycles. The molecule has 3 rings (SSSR count). The van der Waals surface area contributed by atoms with Crippen molar-refractivity contribution in [3.05, 3.63) is 59.2 Å². The molecule has 2 N–H and O–H groups in total. The van der Waals surface area contributed by atoms with Gasteiger partial charge in [-0.3, -0.25) is 10.1 Å². The van der Waals surface area contributed by atoms with Crippen molar-refractivity contribution in [3.8, 4) is 0 Å². The maximum atomic E-state index is 13.0. The third-order valence-electron chi connectivity index (χ3n) is 4.54. The Morgan fingerprint density at radius 2 is 1.77 bits per heavy atom. The number of hydrogen-bond acceptors (Lipinski definition) is 7. The molecule has 0 saturated heterocycles. The highest BCUT2D eigenvalue weighted by molar-refractivity contribution is 8.02. The summed E-state index contributed by atoms with van der Waals surface area (Å²) in [5, 5.41) is 5.89. The van der Waals surface area contributed by atoms with Crippen LogP contribution >= 0.6 is 11.8 Å². The van der Waals surface area contributed by atoms with Gasteiger partial charge in [0, 0.05) is 11.4 Å². The number of benzene rings is 2. The molecule has 0 spiro atoms. The summed E-state index contributed by atoms with van der Waals surface area (Å²) in [6.07, 6.45) is 0. The summed E-state index contributed by atoms with van der Waals surface area (Å²) in [6.45, 7) is 6.08. The number of rotatable bonds is 7. The van der Waals surface area contributed by atoms with Gasteiger partial charge in [0.1, 0.15) is 0 Å². The molecule has 30 heavy (non-hydrogen) atoms. The lowest BCUT2D eigenvalue weighted by molar-refractivity contribution is -0.150. The predicted molar refractivity (Wildman–Crippen MR) is 114 cm³/mol. The lowest BCUT2D eigenvalue weighted by Gasteiger charge is -2.35. The van der Waals surface area contributed by atoms with Crippen LogP contribution in [0.1, 0.15) is 35.3 Å². The van der Waals surface area contributed by atoms with Gasteiger partial charge in [-0.2, -0.15) is 0 Å². The van der Waals surface area contributed by atoms with Gasteiger partial charge in [0.05, 0.1) is 24.5 Å². The van der Waals surface area contributed by atoms with Gasteiger partial charge in [0.2, 0.25) is 4.87 Å². The highest BCUT2D eigenvalue weighted by Gasteiger charge is 2.51. The SMILES string of the molecule is CCOC(=O)c1ccc(CNC2(C(=O)OCC)Sc3cc(C)ccc3NC2=O)cc1. The van der Waals surface area contributed by atoms with Gasteiger partial charge in [0.15, 0.2) is 0 Å². The lowest BCUT2D eigenvalue weighted by Crippen LogP contribution is -2.59. The standard InChI is InChI=1S/C22H24N2O5S/c1-4-28-19(25)16-9-7-15(8-10-16)13-23-22(21(27)29-5-2)20(26)24-17-11-6-14(3)12-18(17)30-22/h6-12,23H,4-5,13H2,1-3H3,(H,24,26). The van der Waals surface area contributed by atoms with E-state index in [1.54, 1.807) is 38.1 Å². The molecule has 2 aromatic carbocycles. The maximum Gasteiger partial charge on any atom is 0.347 e. The van der Waals surface area contributed by atoms with E-state index in [4.69, 9.17) is 9.47 Å². The fraction of sp³-hybridized carbons (Fsp3) is 0.318. The first-order valence-corrected chi connectivity index (χ1v) is 10.5. The van der Waals surface area contributed by atoms with Crippen molar-refractivity contribution in [2.75, 3.05) is 18.5 Å². The number of fused-ring (bicyclic) bond motifs is 1. The van der Waals surface area contributed by atoms with E-state index in [9.17, 15) is 14.4 Å². The Kier molecular flexibility index (Phi) is 6.79. The monoisotopic (exact) mass is 428 g/mol. The first kappa shape index (κ1) is 21.9. The minimum Gasteiger partial charge on any atom is -0.464 e. The van der Waals surface area contributed by atoms with E-state index in [0.29, 0.717) is 17.9 Å². The Bertz CT molecular complexity index is 961. The van der Waals surface area contributed by atoms with Gasteiger partial charge < -0.3 is 14.8 Å². The molecule has 0 radical (unpaired) electrons. The van der Waals surface area contributed by atoms with E-state index >= 15 is 0 Å². The quantitative estimate of drug-likeness (QED) is 0.516. The van der Waals surface area contributed by atoms with Gasteiger partial charge in [0.25, 0.3) is 5.91 Å². The number of nitrogens with one attached hydrogen (secondary N) is 2. The normalized spacial score (nSPS) is 17.6. The Balaban J connectivity index is 1.84. The molecule has 8 heteroatoms. The van der Waals surface area contributed by atoms with Crippen molar-refractivity contribution in [2.24, 2.45) is 0 Å². The van der Waals surface area contributed by atoms with Crippen LogP contribution in [0, 0.1) is 6.92 Å². The van der Waals surface area contributed by atoms with Crippen LogP contribution in [0.5, 0.6) is 0 Å². The molecule has 0 bridgehead atoms. The Morgan fingerprint density at radius 1 is 1.07 bits per heavy atom. The van der Waals surface area contributed by atoms with Crippen LogP contribution in [0.3, 0.4) is 0 Å². The largest absolute Gasteiger partial charge is 0.464 e. The van der Waals surface area contributed by atoms with Crippen molar-refractivity contribution >= 4 is 35.3 Å². The highest BCUT2D eigenvalue weighted by Crippen LogP contribution is 2.42. The number of aryl methyl sites for hydroxylation is 1. The summed E-state index contributed by atoms with van der Waals surface area (Å²) >= 11 is 1.14. The van der Waals surface area contributed by atoms with Crippen LogP contribution in [0.4, 0.5) is 5.69 Å². The first-order chi connectivity index (χ1) is 14.4. The molecule has 0 saturated carbocycles. The molecule has 1 aliphatic heterocycles. The van der Waals surface area contributed by atoms with Crippen molar-refractivity contribution in [1.82, 2.24) is 5.32 Å². The van der Waals surface area contributed by atoms with Gasteiger partial charge in [-0.25, -0.2) is 9.59 Å². The van der Waals surface area contributed by atoms with E-state index in [1.807, 2.05) is 25.1 Å². The average molecular weight is 429 g/mol. The van der Waals surface area contributed by atoms with Crippen LogP contribution in [-0.2, 0) is 25.6 Å². The van der Waals surface area contributed by atoms with E-state index in [0.717, 1.165) is 27.8 Å². The van der Waals surface area contributed by atoms with E-state index in [1.165, 1.54) is 0 Å². The van der Waals surface area contributed by atoms with Gasteiger partial charge in [-0.1, -0.05) is 30.0 Å². The molecule has 2 aromatic rings. The summed E-state index contributed by atoms with van der Waals surface area (Å²) in [6, 6.07) is 12.4. The topological polar surface area (TPSA) is 93.7 Å². The molecule has 1 unspecified atom stereocenters. The molecule has 1 atom stereocenters. The number of carbonyl (C=O) groups is 3. The van der Waals surface area contributed by atoms with Crippen molar-refractivity contribution < 1.29 is 23.9 Å². The minimum atomic E-state index is -1.61. The summed E-state index contributed by atoms with van der Waals surface area (Å²) in [4.78, 5) is 36.8. The zero-order valence-corrected chi connectivity index (χ0v) is 17.9. The van der Waals surface area contributed by atoms with E-state index < -0.39 is 22.7 Å². The number of anilines is 1. The second kappa shape index (κ2) is 9.32. The second-order valence-corrected chi connectivity index (χ2v) is 7.98. The van der Waals surface area contributed by atoms with Crippen LogP contribution in [-0.4, -0.2) is 35.9 Å². The van der Waals surface area contributed by atoms with Crippen LogP contribution < -0.4 is 10.6 Å². The van der Waals surface area contributed by atoms with Crippen LogP contribution in [0.15, 0.2) is 47.4 Å². The van der Waals surface area contributed by atoms with Gasteiger partial charge >= 0.3 is 11.9 Å². The molecule has 0 aromatic heterocycles. The van der Waals surface area contributed by atoms with Crippen molar-refractivity contribution in [2.45, 2.75) is 37.1 Å².